The predicted molar refractivity (Wildman–Crippen MR) is 85.9 cm³/mol. The highest BCUT2D eigenvalue weighted by molar-refractivity contribution is 9.10. The molecule has 2 rings (SSSR count). The van der Waals surface area contributed by atoms with Crippen molar-refractivity contribution < 1.29 is 4.79 Å². The number of carbonyl (C=O) groups is 1. The summed E-state index contributed by atoms with van der Waals surface area (Å²) in [6.07, 6.45) is 0. The highest BCUT2D eigenvalue weighted by Crippen LogP contribution is 2.15. The molecule has 0 atom stereocenters. The van der Waals surface area contributed by atoms with Crippen LogP contribution in [0.25, 0.3) is 0 Å². The predicted octanol–water partition coefficient (Wildman–Crippen LogP) is 4.34. The first-order valence-corrected chi connectivity index (χ1v) is 7.34. The molecule has 0 aliphatic rings. The largest absolute Gasteiger partial charge is 0.337 e. The van der Waals surface area contributed by atoms with E-state index in [1.807, 2.05) is 63.4 Å². The molecule has 0 aliphatic heterocycles. The quantitative estimate of drug-likeness (QED) is 0.819. The molecule has 20 heavy (non-hydrogen) atoms. The standard InChI is InChI=1S/C17H18BrNO/c1-12-4-9-16(13(2)10-12)17(20)19(3)11-14-5-7-15(18)8-6-14/h4-10H,11H2,1-3H3. The summed E-state index contributed by atoms with van der Waals surface area (Å²) in [6, 6.07) is 14.0. The highest BCUT2D eigenvalue weighted by Gasteiger charge is 2.14. The molecule has 1 amide bonds. The van der Waals surface area contributed by atoms with Crippen molar-refractivity contribution in [3.05, 3.63) is 69.2 Å². The van der Waals surface area contributed by atoms with Gasteiger partial charge in [0, 0.05) is 23.6 Å². The van der Waals surface area contributed by atoms with Gasteiger partial charge in [-0.3, -0.25) is 4.79 Å². The van der Waals surface area contributed by atoms with Gasteiger partial charge < -0.3 is 4.90 Å². The highest BCUT2D eigenvalue weighted by atomic mass is 79.9. The second-order valence-corrected chi connectivity index (χ2v) is 6.02. The van der Waals surface area contributed by atoms with Gasteiger partial charge in [0.25, 0.3) is 5.91 Å². The molecule has 3 heteroatoms. The fraction of sp³-hybridized carbons (Fsp3) is 0.235. The molecule has 0 spiro atoms. The maximum atomic E-state index is 12.5. The molecule has 2 nitrogen and oxygen atoms in total. The van der Waals surface area contributed by atoms with Crippen LogP contribution in [-0.2, 0) is 6.54 Å². The molecule has 0 N–H and O–H groups in total. The second-order valence-electron chi connectivity index (χ2n) is 5.11. The summed E-state index contributed by atoms with van der Waals surface area (Å²) in [6.45, 7) is 4.62. The van der Waals surface area contributed by atoms with Crippen LogP contribution in [0.15, 0.2) is 46.9 Å². The summed E-state index contributed by atoms with van der Waals surface area (Å²) in [4.78, 5) is 14.2. The van der Waals surface area contributed by atoms with Gasteiger partial charge in [-0.25, -0.2) is 0 Å². The molecule has 0 saturated heterocycles. The third-order valence-electron chi connectivity index (χ3n) is 3.29. The third-order valence-corrected chi connectivity index (χ3v) is 3.82. The van der Waals surface area contributed by atoms with Gasteiger partial charge in [-0.05, 0) is 43.2 Å². The Bertz CT molecular complexity index is 619. The minimum Gasteiger partial charge on any atom is -0.337 e. The summed E-state index contributed by atoms with van der Waals surface area (Å²) in [5.74, 6) is 0.0606. The zero-order valence-electron chi connectivity index (χ0n) is 12.0. The maximum absolute atomic E-state index is 12.5. The first-order chi connectivity index (χ1) is 9.47. The fourth-order valence-corrected chi connectivity index (χ4v) is 2.46. The van der Waals surface area contributed by atoms with E-state index in [-0.39, 0.29) is 5.91 Å². The van der Waals surface area contributed by atoms with Crippen LogP contribution in [0.3, 0.4) is 0 Å². The zero-order valence-corrected chi connectivity index (χ0v) is 13.6. The smallest absolute Gasteiger partial charge is 0.254 e. The van der Waals surface area contributed by atoms with Crippen LogP contribution in [0.4, 0.5) is 0 Å². The van der Waals surface area contributed by atoms with Gasteiger partial charge in [0.05, 0.1) is 0 Å². The number of nitrogens with zero attached hydrogens (tertiary/aromatic N) is 1. The van der Waals surface area contributed by atoms with Crippen LogP contribution in [0.5, 0.6) is 0 Å². The third kappa shape index (κ3) is 3.48. The maximum Gasteiger partial charge on any atom is 0.254 e. The minimum atomic E-state index is 0.0606. The summed E-state index contributed by atoms with van der Waals surface area (Å²) in [5.41, 5.74) is 4.09. The molecular formula is C17H18BrNO. The number of benzene rings is 2. The minimum absolute atomic E-state index is 0.0606. The summed E-state index contributed by atoms with van der Waals surface area (Å²) in [5, 5.41) is 0. The molecule has 0 heterocycles. The fourth-order valence-electron chi connectivity index (χ4n) is 2.19. The Labute approximate surface area is 128 Å². The van der Waals surface area contributed by atoms with Crippen molar-refractivity contribution in [1.29, 1.82) is 0 Å². The van der Waals surface area contributed by atoms with Gasteiger partial charge in [0.2, 0.25) is 0 Å². The van der Waals surface area contributed by atoms with Crippen LogP contribution in [-0.4, -0.2) is 17.9 Å². The average molecular weight is 332 g/mol. The van der Waals surface area contributed by atoms with Crippen molar-refractivity contribution in [2.75, 3.05) is 7.05 Å². The molecule has 0 aliphatic carbocycles. The summed E-state index contributed by atoms with van der Waals surface area (Å²) in [7, 11) is 1.84. The van der Waals surface area contributed by atoms with E-state index in [9.17, 15) is 4.79 Å². The molecule has 2 aromatic rings. The SMILES string of the molecule is Cc1ccc(C(=O)N(C)Cc2ccc(Br)cc2)c(C)c1. The first kappa shape index (κ1) is 14.8. The number of hydrogen-bond acceptors (Lipinski definition) is 1. The number of amides is 1. The number of hydrogen-bond donors (Lipinski definition) is 0. The van der Waals surface area contributed by atoms with Crippen molar-refractivity contribution in [2.24, 2.45) is 0 Å². The number of rotatable bonds is 3. The molecule has 0 aromatic heterocycles. The Morgan fingerprint density at radius 1 is 1.10 bits per heavy atom. The zero-order chi connectivity index (χ0) is 14.7. The van der Waals surface area contributed by atoms with Crippen molar-refractivity contribution in [2.45, 2.75) is 20.4 Å². The van der Waals surface area contributed by atoms with Crippen LogP contribution in [0, 0.1) is 13.8 Å². The van der Waals surface area contributed by atoms with Crippen LogP contribution in [0.1, 0.15) is 27.0 Å². The van der Waals surface area contributed by atoms with E-state index in [0.29, 0.717) is 6.54 Å². The van der Waals surface area contributed by atoms with Gasteiger partial charge in [0.15, 0.2) is 0 Å². The van der Waals surface area contributed by atoms with Crippen LogP contribution >= 0.6 is 15.9 Å². The van der Waals surface area contributed by atoms with E-state index >= 15 is 0 Å². The molecule has 0 unspecified atom stereocenters. The Kier molecular flexibility index (Phi) is 4.61. The lowest BCUT2D eigenvalue weighted by Crippen LogP contribution is -2.26. The topological polar surface area (TPSA) is 20.3 Å². The Morgan fingerprint density at radius 3 is 2.35 bits per heavy atom. The van der Waals surface area contributed by atoms with E-state index in [2.05, 4.69) is 15.9 Å². The van der Waals surface area contributed by atoms with E-state index in [1.165, 1.54) is 5.56 Å². The van der Waals surface area contributed by atoms with Gasteiger partial charge in [-0.1, -0.05) is 45.8 Å². The molecule has 0 bridgehead atoms. The first-order valence-electron chi connectivity index (χ1n) is 6.54. The number of halogens is 1. The summed E-state index contributed by atoms with van der Waals surface area (Å²) < 4.78 is 1.05. The molecular weight excluding hydrogens is 314 g/mol. The normalized spacial score (nSPS) is 10.4. The number of aryl methyl sites for hydroxylation is 2. The van der Waals surface area contributed by atoms with Gasteiger partial charge in [-0.15, -0.1) is 0 Å². The lowest BCUT2D eigenvalue weighted by Gasteiger charge is -2.18. The van der Waals surface area contributed by atoms with E-state index in [1.54, 1.807) is 4.90 Å². The van der Waals surface area contributed by atoms with E-state index in [0.717, 1.165) is 21.2 Å². The lowest BCUT2D eigenvalue weighted by atomic mass is 10.0. The van der Waals surface area contributed by atoms with Crippen molar-refractivity contribution in [1.82, 2.24) is 4.90 Å². The summed E-state index contributed by atoms with van der Waals surface area (Å²) >= 11 is 3.41. The molecule has 2 aromatic carbocycles. The Morgan fingerprint density at radius 2 is 1.75 bits per heavy atom. The van der Waals surface area contributed by atoms with Gasteiger partial charge >= 0.3 is 0 Å². The van der Waals surface area contributed by atoms with Crippen LogP contribution in [0.2, 0.25) is 0 Å². The average Bonchev–Trinajstić information content (AvgIpc) is 2.40. The molecule has 0 fully saturated rings. The van der Waals surface area contributed by atoms with E-state index in [4.69, 9.17) is 0 Å². The second kappa shape index (κ2) is 6.23. The van der Waals surface area contributed by atoms with Crippen molar-refractivity contribution in [3.63, 3.8) is 0 Å². The van der Waals surface area contributed by atoms with E-state index < -0.39 is 0 Å². The lowest BCUT2D eigenvalue weighted by molar-refractivity contribution is 0.0784. The molecule has 0 radical (unpaired) electrons. The van der Waals surface area contributed by atoms with Crippen molar-refractivity contribution in [3.8, 4) is 0 Å². The molecule has 104 valence electrons. The monoisotopic (exact) mass is 331 g/mol. The van der Waals surface area contributed by atoms with Gasteiger partial charge in [0.1, 0.15) is 0 Å². The van der Waals surface area contributed by atoms with Crippen molar-refractivity contribution >= 4 is 21.8 Å². The number of carbonyl (C=O) groups excluding carboxylic acids is 1. The molecule has 0 saturated carbocycles. The Hall–Kier alpha value is -1.61. The van der Waals surface area contributed by atoms with Crippen LogP contribution < -0.4 is 0 Å². The van der Waals surface area contributed by atoms with Gasteiger partial charge in [-0.2, -0.15) is 0 Å². The Balaban J connectivity index is 2.14.